The number of imidazole rings is 1. The first-order valence-corrected chi connectivity index (χ1v) is 9.39. The van der Waals surface area contributed by atoms with Crippen molar-refractivity contribution in [1.82, 2.24) is 9.97 Å². The number of nitrogens with zero attached hydrogens (tertiary/aromatic N) is 1. The van der Waals surface area contributed by atoms with Crippen LogP contribution in [0.1, 0.15) is 56.3 Å². The number of benzene rings is 2. The van der Waals surface area contributed by atoms with Gasteiger partial charge in [-0.2, -0.15) is 0 Å². The number of aromatic amines is 1. The molecular weight excluding hydrogens is 292 g/mol. The zero-order chi connectivity index (χ0) is 16.5. The number of nitrogens with one attached hydrogen (secondary N) is 1. The minimum Gasteiger partial charge on any atom is -0.342 e. The lowest BCUT2D eigenvalue weighted by atomic mass is 10.0. The Kier molecular flexibility index (Phi) is 6.47. The predicted molar refractivity (Wildman–Crippen MR) is 102 cm³/mol. The van der Waals surface area contributed by atoms with Gasteiger partial charge in [-0.3, -0.25) is 0 Å². The molecule has 1 N–H and O–H groups in total. The lowest BCUT2D eigenvalue weighted by Gasteiger charge is -2.02. The second-order valence-electron chi connectivity index (χ2n) is 6.66. The first-order valence-electron chi connectivity index (χ1n) is 9.39. The molecule has 0 aliphatic carbocycles. The summed E-state index contributed by atoms with van der Waals surface area (Å²) < 4.78 is 0. The minimum atomic E-state index is 1.07. The molecule has 1 aromatic heterocycles. The van der Waals surface area contributed by atoms with Gasteiger partial charge in [0.2, 0.25) is 0 Å². The number of rotatable bonds is 10. The third kappa shape index (κ3) is 5.23. The Morgan fingerprint density at radius 2 is 1.25 bits per heavy atom. The van der Waals surface area contributed by atoms with E-state index in [9.17, 15) is 0 Å². The van der Waals surface area contributed by atoms with E-state index in [2.05, 4.69) is 58.5 Å². The van der Waals surface area contributed by atoms with Crippen molar-refractivity contribution in [2.45, 2.75) is 57.8 Å². The topological polar surface area (TPSA) is 28.7 Å². The average Bonchev–Trinajstić information content (AvgIpc) is 3.04. The average molecular weight is 320 g/mol. The van der Waals surface area contributed by atoms with Crippen molar-refractivity contribution < 1.29 is 0 Å². The number of aryl methyl sites for hydroxylation is 2. The third-order valence-corrected chi connectivity index (χ3v) is 4.66. The van der Waals surface area contributed by atoms with Gasteiger partial charge < -0.3 is 4.98 Å². The van der Waals surface area contributed by atoms with E-state index in [0.717, 1.165) is 23.3 Å². The fourth-order valence-corrected chi connectivity index (χ4v) is 3.27. The molecule has 0 aliphatic rings. The smallest absolute Gasteiger partial charge is 0.107 e. The van der Waals surface area contributed by atoms with Crippen LogP contribution >= 0.6 is 0 Å². The maximum atomic E-state index is 4.64. The standard InChI is InChI=1S/C22H28N2/c1(2-4-7-13-19-14-8-6-9-15-19)3-5-10-18-22-23-20-16-11-12-17-21(20)24-22/h6,8-9,11-12,14-17H,1-5,7,10,13,18H2,(H,23,24). The molecule has 24 heavy (non-hydrogen) atoms. The number of para-hydroxylation sites is 2. The molecule has 0 saturated heterocycles. The molecule has 0 saturated carbocycles. The van der Waals surface area contributed by atoms with Crippen molar-refractivity contribution >= 4 is 11.0 Å². The summed E-state index contributed by atoms with van der Waals surface area (Å²) in [6, 6.07) is 19.1. The molecule has 0 bridgehead atoms. The van der Waals surface area contributed by atoms with Crippen LogP contribution in [0.15, 0.2) is 54.6 Å². The second-order valence-corrected chi connectivity index (χ2v) is 6.66. The molecule has 126 valence electrons. The molecule has 1 heterocycles. The summed E-state index contributed by atoms with van der Waals surface area (Å²) in [4.78, 5) is 8.06. The van der Waals surface area contributed by atoms with Gasteiger partial charge in [-0.1, -0.05) is 74.6 Å². The van der Waals surface area contributed by atoms with E-state index in [1.54, 1.807) is 0 Å². The van der Waals surface area contributed by atoms with E-state index in [4.69, 9.17) is 0 Å². The fourth-order valence-electron chi connectivity index (χ4n) is 3.27. The maximum absolute atomic E-state index is 4.64. The fraction of sp³-hybridized carbons (Fsp3) is 0.409. The van der Waals surface area contributed by atoms with Crippen molar-refractivity contribution in [2.75, 3.05) is 0 Å². The van der Waals surface area contributed by atoms with Gasteiger partial charge in [0.25, 0.3) is 0 Å². The first kappa shape index (κ1) is 16.8. The van der Waals surface area contributed by atoms with Crippen LogP contribution in [0.2, 0.25) is 0 Å². The number of H-pyrrole nitrogens is 1. The quantitative estimate of drug-likeness (QED) is 0.451. The van der Waals surface area contributed by atoms with Crippen molar-refractivity contribution in [2.24, 2.45) is 0 Å². The van der Waals surface area contributed by atoms with Gasteiger partial charge in [0, 0.05) is 6.42 Å². The molecule has 0 spiro atoms. The lowest BCUT2D eigenvalue weighted by Crippen LogP contribution is -1.89. The summed E-state index contributed by atoms with van der Waals surface area (Å²) in [5, 5.41) is 0. The van der Waals surface area contributed by atoms with Crippen molar-refractivity contribution in [1.29, 1.82) is 0 Å². The Labute approximate surface area is 145 Å². The second kappa shape index (κ2) is 9.27. The van der Waals surface area contributed by atoms with E-state index >= 15 is 0 Å². The third-order valence-electron chi connectivity index (χ3n) is 4.66. The minimum absolute atomic E-state index is 1.07. The van der Waals surface area contributed by atoms with Gasteiger partial charge in [-0.25, -0.2) is 4.98 Å². The molecule has 2 aromatic carbocycles. The molecule has 0 radical (unpaired) electrons. The molecule has 0 atom stereocenters. The van der Waals surface area contributed by atoms with E-state index in [1.165, 1.54) is 56.9 Å². The van der Waals surface area contributed by atoms with Gasteiger partial charge in [0.15, 0.2) is 0 Å². The highest BCUT2D eigenvalue weighted by Gasteiger charge is 2.01. The SMILES string of the molecule is c1ccc(CCCCCCCCCc2nc3ccccc3[nH]2)cc1. The highest BCUT2D eigenvalue weighted by Crippen LogP contribution is 2.14. The number of aromatic nitrogens is 2. The van der Waals surface area contributed by atoms with Crippen LogP contribution in [0.5, 0.6) is 0 Å². The number of hydrogen-bond donors (Lipinski definition) is 1. The van der Waals surface area contributed by atoms with Crippen LogP contribution in [-0.4, -0.2) is 9.97 Å². The van der Waals surface area contributed by atoms with Gasteiger partial charge in [0.1, 0.15) is 5.82 Å². The normalized spacial score (nSPS) is 11.2. The zero-order valence-electron chi connectivity index (χ0n) is 14.5. The van der Waals surface area contributed by atoms with Crippen LogP contribution < -0.4 is 0 Å². The molecule has 0 amide bonds. The molecule has 0 unspecified atom stereocenters. The summed E-state index contributed by atoms with van der Waals surface area (Å²) in [5.41, 5.74) is 3.72. The number of hydrogen-bond acceptors (Lipinski definition) is 1. The Bertz CT molecular complexity index is 682. The van der Waals surface area contributed by atoms with Crippen LogP contribution in [0, 0.1) is 0 Å². The zero-order valence-corrected chi connectivity index (χ0v) is 14.5. The van der Waals surface area contributed by atoms with Crippen molar-refractivity contribution in [3.8, 4) is 0 Å². The predicted octanol–water partition coefficient (Wildman–Crippen LogP) is 6.08. The molecule has 0 aliphatic heterocycles. The van der Waals surface area contributed by atoms with Gasteiger partial charge >= 0.3 is 0 Å². The molecule has 0 fully saturated rings. The van der Waals surface area contributed by atoms with Gasteiger partial charge in [0.05, 0.1) is 11.0 Å². The summed E-state index contributed by atoms with van der Waals surface area (Å²) in [5.74, 6) is 1.14. The summed E-state index contributed by atoms with van der Waals surface area (Å²) in [6.07, 6.45) is 11.6. The van der Waals surface area contributed by atoms with Crippen molar-refractivity contribution in [3.63, 3.8) is 0 Å². The molecule has 2 nitrogen and oxygen atoms in total. The number of unbranched alkanes of at least 4 members (excludes halogenated alkanes) is 6. The Balaban J connectivity index is 1.21. The van der Waals surface area contributed by atoms with E-state index < -0.39 is 0 Å². The van der Waals surface area contributed by atoms with Crippen LogP contribution in [-0.2, 0) is 12.8 Å². The first-order chi connectivity index (χ1) is 11.9. The Morgan fingerprint density at radius 1 is 0.625 bits per heavy atom. The van der Waals surface area contributed by atoms with E-state index in [1.807, 2.05) is 6.07 Å². The largest absolute Gasteiger partial charge is 0.342 e. The number of fused-ring (bicyclic) bond motifs is 1. The molecule has 3 rings (SSSR count). The van der Waals surface area contributed by atoms with Crippen LogP contribution in [0.4, 0.5) is 0 Å². The molecule has 3 aromatic rings. The highest BCUT2D eigenvalue weighted by molar-refractivity contribution is 5.74. The van der Waals surface area contributed by atoms with E-state index in [-0.39, 0.29) is 0 Å². The lowest BCUT2D eigenvalue weighted by molar-refractivity contribution is 0.576. The summed E-state index contributed by atoms with van der Waals surface area (Å²) in [7, 11) is 0. The summed E-state index contributed by atoms with van der Waals surface area (Å²) in [6.45, 7) is 0. The Morgan fingerprint density at radius 3 is 2.00 bits per heavy atom. The summed E-state index contributed by atoms with van der Waals surface area (Å²) >= 11 is 0. The van der Waals surface area contributed by atoms with Crippen LogP contribution in [0.25, 0.3) is 11.0 Å². The van der Waals surface area contributed by atoms with Gasteiger partial charge in [-0.15, -0.1) is 0 Å². The molecule has 2 heteroatoms. The van der Waals surface area contributed by atoms with Crippen LogP contribution in [0.3, 0.4) is 0 Å². The highest BCUT2D eigenvalue weighted by atomic mass is 14.9. The maximum Gasteiger partial charge on any atom is 0.107 e. The van der Waals surface area contributed by atoms with Crippen molar-refractivity contribution in [3.05, 3.63) is 66.0 Å². The molecular formula is C22H28N2. The Hall–Kier alpha value is -2.09. The van der Waals surface area contributed by atoms with E-state index in [0.29, 0.717) is 0 Å². The van der Waals surface area contributed by atoms with Gasteiger partial charge in [-0.05, 0) is 37.0 Å². The monoisotopic (exact) mass is 320 g/mol.